The van der Waals surface area contributed by atoms with Crippen molar-refractivity contribution in [2.75, 3.05) is 39.3 Å². The second-order valence-electron chi connectivity index (χ2n) is 11.3. The lowest BCUT2D eigenvalue weighted by molar-refractivity contribution is -0.126. The van der Waals surface area contributed by atoms with Gasteiger partial charge in [0.05, 0.1) is 5.60 Å². The van der Waals surface area contributed by atoms with Crippen LogP contribution in [0.3, 0.4) is 0 Å². The third-order valence-corrected chi connectivity index (χ3v) is 8.43. The molecule has 1 aromatic rings. The van der Waals surface area contributed by atoms with E-state index in [9.17, 15) is 4.79 Å². The van der Waals surface area contributed by atoms with Crippen LogP contribution < -0.4 is 0 Å². The standard InChI is InChI=1S/C29H41N3O2/c1-24-8-6-16-31(24)17-7-19-34-28(2)13-11-26(12-14-28)32-23-29(20-27(32)33)15-18-30(22-29)21-25-9-4-3-5-10-25/h3-5,9-13,24H,6-8,14-23H2,1-2H3. The van der Waals surface area contributed by atoms with Gasteiger partial charge in [0.25, 0.3) is 0 Å². The van der Waals surface area contributed by atoms with Crippen molar-refractivity contribution in [3.05, 3.63) is 59.8 Å². The van der Waals surface area contributed by atoms with Crippen molar-refractivity contribution in [3.63, 3.8) is 0 Å². The number of carbonyl (C=O) groups is 1. The minimum atomic E-state index is -0.263. The van der Waals surface area contributed by atoms with Crippen molar-refractivity contribution < 1.29 is 9.53 Å². The van der Waals surface area contributed by atoms with Gasteiger partial charge >= 0.3 is 0 Å². The molecule has 5 nitrogen and oxygen atoms in total. The minimum Gasteiger partial charge on any atom is -0.371 e. The second-order valence-corrected chi connectivity index (χ2v) is 11.3. The number of carbonyl (C=O) groups excluding carboxylic acids is 1. The Bertz CT molecular complexity index is 929. The number of allylic oxidation sites excluding steroid dienone is 1. The largest absolute Gasteiger partial charge is 0.371 e. The summed E-state index contributed by atoms with van der Waals surface area (Å²) in [5, 5.41) is 0. The van der Waals surface area contributed by atoms with E-state index in [1.54, 1.807) is 0 Å². The molecule has 5 heteroatoms. The van der Waals surface area contributed by atoms with Crippen LogP contribution in [0.1, 0.15) is 57.9 Å². The molecule has 3 atom stereocenters. The van der Waals surface area contributed by atoms with Gasteiger partial charge in [0.15, 0.2) is 0 Å². The fraction of sp³-hybridized carbons (Fsp3) is 0.621. The van der Waals surface area contributed by atoms with Gasteiger partial charge in [0, 0.05) is 62.8 Å². The summed E-state index contributed by atoms with van der Waals surface area (Å²) in [5.41, 5.74) is 2.26. The number of rotatable bonds is 8. The number of hydrogen-bond donors (Lipinski definition) is 0. The van der Waals surface area contributed by atoms with Crippen LogP contribution in [0.2, 0.25) is 0 Å². The van der Waals surface area contributed by atoms with Crippen molar-refractivity contribution in [2.45, 2.75) is 70.6 Å². The highest BCUT2D eigenvalue weighted by Crippen LogP contribution is 2.42. The van der Waals surface area contributed by atoms with Crippen molar-refractivity contribution >= 4 is 5.91 Å². The maximum atomic E-state index is 13.0. The summed E-state index contributed by atoms with van der Waals surface area (Å²) >= 11 is 0. The van der Waals surface area contributed by atoms with Crippen LogP contribution in [-0.2, 0) is 16.1 Å². The van der Waals surface area contributed by atoms with Crippen molar-refractivity contribution in [3.8, 4) is 0 Å². The van der Waals surface area contributed by atoms with Crippen LogP contribution in [0.4, 0.5) is 0 Å². The molecule has 3 saturated heterocycles. The Morgan fingerprint density at radius 1 is 1.15 bits per heavy atom. The van der Waals surface area contributed by atoms with Gasteiger partial charge in [0.1, 0.15) is 0 Å². The number of benzene rings is 1. The fourth-order valence-corrected chi connectivity index (χ4v) is 6.32. The normalized spacial score (nSPS) is 32.3. The molecular formula is C29H41N3O2. The van der Waals surface area contributed by atoms with Crippen LogP contribution in [-0.4, -0.2) is 71.6 Å². The zero-order chi connectivity index (χ0) is 23.6. The molecule has 4 aliphatic rings. The van der Waals surface area contributed by atoms with Gasteiger partial charge < -0.3 is 14.5 Å². The molecule has 0 saturated carbocycles. The summed E-state index contributed by atoms with van der Waals surface area (Å²) in [6.45, 7) is 11.6. The molecule has 1 aromatic carbocycles. The number of hydrogen-bond acceptors (Lipinski definition) is 4. The third-order valence-electron chi connectivity index (χ3n) is 8.43. The molecule has 0 N–H and O–H groups in total. The first-order valence-electron chi connectivity index (χ1n) is 13.3. The molecule has 0 radical (unpaired) electrons. The van der Waals surface area contributed by atoms with E-state index in [2.05, 4.69) is 72.2 Å². The Morgan fingerprint density at radius 2 is 2.00 bits per heavy atom. The molecule has 3 unspecified atom stereocenters. The molecule has 3 fully saturated rings. The Kier molecular flexibility index (Phi) is 6.97. The lowest BCUT2D eigenvalue weighted by atomic mass is 9.86. The molecule has 5 rings (SSSR count). The van der Waals surface area contributed by atoms with Gasteiger partial charge in [-0.05, 0) is 64.3 Å². The van der Waals surface area contributed by atoms with Crippen LogP contribution in [0, 0.1) is 5.41 Å². The van der Waals surface area contributed by atoms with Crippen LogP contribution in [0.5, 0.6) is 0 Å². The maximum Gasteiger partial charge on any atom is 0.227 e. The average molecular weight is 464 g/mol. The van der Waals surface area contributed by atoms with Crippen LogP contribution >= 0.6 is 0 Å². The summed E-state index contributed by atoms with van der Waals surface area (Å²) in [4.78, 5) is 20.2. The van der Waals surface area contributed by atoms with Gasteiger partial charge in [-0.2, -0.15) is 0 Å². The predicted molar refractivity (Wildman–Crippen MR) is 136 cm³/mol. The second kappa shape index (κ2) is 9.96. The number of amides is 1. The van der Waals surface area contributed by atoms with Crippen molar-refractivity contribution in [1.82, 2.24) is 14.7 Å². The molecule has 1 aliphatic carbocycles. The summed E-state index contributed by atoms with van der Waals surface area (Å²) in [7, 11) is 0. The molecule has 0 aromatic heterocycles. The van der Waals surface area contributed by atoms with Gasteiger partial charge in [-0.3, -0.25) is 9.69 Å². The highest BCUT2D eigenvalue weighted by molar-refractivity contribution is 5.82. The van der Waals surface area contributed by atoms with E-state index in [4.69, 9.17) is 4.74 Å². The van der Waals surface area contributed by atoms with Gasteiger partial charge in [-0.25, -0.2) is 0 Å². The van der Waals surface area contributed by atoms with E-state index in [1.807, 2.05) is 4.90 Å². The molecule has 1 amide bonds. The van der Waals surface area contributed by atoms with E-state index in [0.717, 1.165) is 70.3 Å². The topological polar surface area (TPSA) is 36.0 Å². The van der Waals surface area contributed by atoms with Crippen molar-refractivity contribution in [2.24, 2.45) is 5.41 Å². The molecule has 1 spiro atoms. The summed E-state index contributed by atoms with van der Waals surface area (Å²) in [6, 6.07) is 11.4. The minimum absolute atomic E-state index is 0.102. The van der Waals surface area contributed by atoms with Gasteiger partial charge in [0.2, 0.25) is 5.91 Å². The van der Waals surface area contributed by atoms with E-state index in [1.165, 1.54) is 24.9 Å². The van der Waals surface area contributed by atoms with E-state index >= 15 is 0 Å². The van der Waals surface area contributed by atoms with Gasteiger partial charge in [-0.15, -0.1) is 0 Å². The lowest BCUT2D eigenvalue weighted by Crippen LogP contribution is -2.34. The SMILES string of the molecule is CC1CCCN1CCCOC1(C)C=CC(N2CC3(CCN(Cc4ccccc4)C3)CC2=O)=CC1. The van der Waals surface area contributed by atoms with E-state index < -0.39 is 0 Å². The zero-order valence-corrected chi connectivity index (χ0v) is 21.0. The first-order chi connectivity index (χ1) is 16.4. The quantitative estimate of drug-likeness (QED) is 0.528. The van der Waals surface area contributed by atoms with Crippen LogP contribution in [0.15, 0.2) is 54.3 Å². The first-order valence-corrected chi connectivity index (χ1v) is 13.3. The van der Waals surface area contributed by atoms with E-state index in [0.29, 0.717) is 6.42 Å². The van der Waals surface area contributed by atoms with Gasteiger partial charge in [-0.1, -0.05) is 42.5 Å². The molecule has 0 bridgehead atoms. The number of ether oxygens (including phenoxy) is 1. The third kappa shape index (κ3) is 5.32. The van der Waals surface area contributed by atoms with E-state index in [-0.39, 0.29) is 16.9 Å². The summed E-state index contributed by atoms with van der Waals surface area (Å²) in [5.74, 6) is 0.279. The summed E-state index contributed by atoms with van der Waals surface area (Å²) in [6.07, 6.45) is 12.9. The van der Waals surface area contributed by atoms with Crippen LogP contribution in [0.25, 0.3) is 0 Å². The maximum absolute atomic E-state index is 13.0. The molecule has 184 valence electrons. The highest BCUT2D eigenvalue weighted by atomic mass is 16.5. The predicted octanol–water partition coefficient (Wildman–Crippen LogP) is 4.60. The summed E-state index contributed by atoms with van der Waals surface area (Å²) < 4.78 is 6.30. The Hall–Kier alpha value is -1.95. The molecular weight excluding hydrogens is 422 g/mol. The Balaban J connectivity index is 1.10. The average Bonchev–Trinajstić information content (AvgIpc) is 3.51. The Labute approximate surface area is 205 Å². The molecule has 3 heterocycles. The first kappa shape index (κ1) is 23.8. The Morgan fingerprint density at radius 3 is 2.74 bits per heavy atom. The smallest absolute Gasteiger partial charge is 0.227 e. The zero-order valence-electron chi connectivity index (χ0n) is 21.0. The van der Waals surface area contributed by atoms with Crippen molar-refractivity contribution in [1.29, 1.82) is 0 Å². The molecule has 34 heavy (non-hydrogen) atoms. The number of nitrogens with zero attached hydrogens (tertiary/aromatic N) is 3. The molecule has 3 aliphatic heterocycles. The monoisotopic (exact) mass is 463 g/mol. The highest BCUT2D eigenvalue weighted by Gasteiger charge is 2.48. The lowest BCUT2D eigenvalue weighted by Gasteiger charge is -2.31. The fourth-order valence-electron chi connectivity index (χ4n) is 6.32. The number of likely N-dealkylation sites (tertiary alicyclic amines) is 3.